The fourth-order valence-corrected chi connectivity index (χ4v) is 2.04. The smallest absolute Gasteiger partial charge is 0.340 e. The molecule has 2 aromatic rings. The molecule has 0 amide bonds. The Morgan fingerprint density at radius 1 is 1.29 bits per heavy atom. The molecule has 110 valence electrons. The second-order valence-electron chi connectivity index (χ2n) is 4.79. The fraction of sp³-hybridized carbons (Fsp3) is 0.250. The molecular weight excluding hydrogens is 266 g/mol. The second kappa shape index (κ2) is 6.74. The maximum Gasteiger partial charge on any atom is 0.340 e. The lowest BCUT2D eigenvalue weighted by molar-refractivity contribution is 0.0602. The SMILES string of the molecule is COC(=O)c1cc(N(C)CCc2ccncc2)ccc1N. The number of hydrogen-bond donors (Lipinski definition) is 1. The van der Waals surface area contributed by atoms with Crippen LogP contribution in [-0.2, 0) is 11.2 Å². The number of esters is 1. The highest BCUT2D eigenvalue weighted by molar-refractivity contribution is 5.96. The molecule has 0 fully saturated rings. The quantitative estimate of drug-likeness (QED) is 0.673. The highest BCUT2D eigenvalue weighted by Gasteiger charge is 2.12. The summed E-state index contributed by atoms with van der Waals surface area (Å²) in [6.07, 6.45) is 4.47. The number of aromatic nitrogens is 1. The molecule has 0 aliphatic rings. The van der Waals surface area contributed by atoms with Crippen molar-refractivity contribution in [2.75, 3.05) is 31.3 Å². The topological polar surface area (TPSA) is 68.5 Å². The molecule has 1 aromatic carbocycles. The van der Waals surface area contributed by atoms with E-state index in [1.54, 1.807) is 24.5 Å². The lowest BCUT2D eigenvalue weighted by Gasteiger charge is -2.20. The molecule has 1 heterocycles. The molecule has 0 aliphatic heterocycles. The van der Waals surface area contributed by atoms with Gasteiger partial charge in [-0.15, -0.1) is 0 Å². The summed E-state index contributed by atoms with van der Waals surface area (Å²) in [7, 11) is 3.33. The van der Waals surface area contributed by atoms with Gasteiger partial charge in [0.2, 0.25) is 0 Å². The monoisotopic (exact) mass is 285 g/mol. The van der Waals surface area contributed by atoms with E-state index >= 15 is 0 Å². The highest BCUT2D eigenvalue weighted by Crippen LogP contribution is 2.21. The van der Waals surface area contributed by atoms with Crippen molar-refractivity contribution in [1.29, 1.82) is 0 Å². The Balaban J connectivity index is 2.09. The van der Waals surface area contributed by atoms with Gasteiger partial charge in [0.25, 0.3) is 0 Å². The molecule has 0 unspecified atom stereocenters. The summed E-state index contributed by atoms with van der Waals surface area (Å²) in [5, 5.41) is 0. The number of nitrogen functional groups attached to an aromatic ring is 1. The first-order chi connectivity index (χ1) is 10.1. The van der Waals surface area contributed by atoms with Crippen molar-refractivity contribution < 1.29 is 9.53 Å². The summed E-state index contributed by atoms with van der Waals surface area (Å²) in [5.74, 6) is -0.420. The van der Waals surface area contributed by atoms with Crippen molar-refractivity contribution in [3.8, 4) is 0 Å². The second-order valence-corrected chi connectivity index (χ2v) is 4.79. The van der Waals surface area contributed by atoms with E-state index < -0.39 is 5.97 Å². The van der Waals surface area contributed by atoms with Crippen LogP contribution in [0.1, 0.15) is 15.9 Å². The average molecular weight is 285 g/mol. The summed E-state index contributed by atoms with van der Waals surface area (Å²) in [6.45, 7) is 0.828. The van der Waals surface area contributed by atoms with Crippen molar-refractivity contribution in [2.45, 2.75) is 6.42 Å². The Bertz CT molecular complexity index is 614. The summed E-state index contributed by atoms with van der Waals surface area (Å²) < 4.78 is 4.74. The van der Waals surface area contributed by atoms with Crippen LogP contribution >= 0.6 is 0 Å². The van der Waals surface area contributed by atoms with Gasteiger partial charge >= 0.3 is 5.97 Å². The average Bonchev–Trinajstić information content (AvgIpc) is 2.53. The number of likely N-dealkylation sites (N-methyl/N-ethyl adjacent to an activating group) is 1. The van der Waals surface area contributed by atoms with Gasteiger partial charge in [-0.2, -0.15) is 0 Å². The van der Waals surface area contributed by atoms with Crippen LogP contribution in [0.5, 0.6) is 0 Å². The lowest BCUT2D eigenvalue weighted by Crippen LogP contribution is -2.21. The fourth-order valence-electron chi connectivity index (χ4n) is 2.04. The minimum atomic E-state index is -0.420. The third-order valence-electron chi connectivity index (χ3n) is 3.37. The third-order valence-corrected chi connectivity index (χ3v) is 3.37. The highest BCUT2D eigenvalue weighted by atomic mass is 16.5. The van der Waals surface area contributed by atoms with Crippen molar-refractivity contribution >= 4 is 17.3 Å². The number of nitrogens with zero attached hydrogens (tertiary/aromatic N) is 2. The van der Waals surface area contributed by atoms with Crippen LogP contribution in [0, 0.1) is 0 Å². The van der Waals surface area contributed by atoms with E-state index in [1.807, 2.05) is 25.2 Å². The molecule has 0 saturated carbocycles. The molecule has 0 atom stereocenters. The maximum atomic E-state index is 11.7. The van der Waals surface area contributed by atoms with Gasteiger partial charge in [0.1, 0.15) is 0 Å². The normalized spacial score (nSPS) is 10.2. The third kappa shape index (κ3) is 3.72. The van der Waals surface area contributed by atoms with Gasteiger partial charge in [0.05, 0.1) is 12.7 Å². The van der Waals surface area contributed by atoms with Crippen molar-refractivity contribution in [2.24, 2.45) is 0 Å². The maximum absolute atomic E-state index is 11.7. The van der Waals surface area contributed by atoms with Crippen LogP contribution in [0.4, 0.5) is 11.4 Å². The first kappa shape index (κ1) is 14.8. The standard InChI is InChI=1S/C16H19N3O2/c1-19(10-7-12-5-8-18-9-6-12)13-3-4-15(17)14(11-13)16(20)21-2/h3-6,8-9,11H,7,10,17H2,1-2H3. The molecule has 2 rings (SSSR count). The minimum Gasteiger partial charge on any atom is -0.465 e. The summed E-state index contributed by atoms with van der Waals surface area (Å²) in [6, 6.07) is 9.37. The Hall–Kier alpha value is -2.56. The molecule has 21 heavy (non-hydrogen) atoms. The molecule has 0 saturated heterocycles. The van der Waals surface area contributed by atoms with Gasteiger partial charge in [0.15, 0.2) is 0 Å². The number of hydrogen-bond acceptors (Lipinski definition) is 5. The zero-order valence-electron chi connectivity index (χ0n) is 12.2. The van der Waals surface area contributed by atoms with E-state index in [-0.39, 0.29) is 0 Å². The number of anilines is 2. The summed E-state index contributed by atoms with van der Waals surface area (Å²) in [4.78, 5) is 17.7. The number of rotatable bonds is 5. The summed E-state index contributed by atoms with van der Waals surface area (Å²) in [5.41, 5.74) is 8.78. The van der Waals surface area contributed by atoms with E-state index in [2.05, 4.69) is 9.88 Å². The number of pyridine rings is 1. The number of carbonyl (C=O) groups excluding carboxylic acids is 1. The first-order valence-electron chi connectivity index (χ1n) is 6.69. The molecule has 0 aliphatic carbocycles. The Kier molecular flexibility index (Phi) is 4.77. The predicted molar refractivity (Wildman–Crippen MR) is 83.4 cm³/mol. The molecule has 0 spiro atoms. The number of ether oxygens (including phenoxy) is 1. The molecule has 5 heteroatoms. The Morgan fingerprint density at radius 2 is 2.00 bits per heavy atom. The zero-order chi connectivity index (χ0) is 15.2. The molecule has 5 nitrogen and oxygen atoms in total. The van der Waals surface area contributed by atoms with Gasteiger partial charge < -0.3 is 15.4 Å². The Labute approximate surface area is 124 Å². The zero-order valence-corrected chi connectivity index (χ0v) is 12.2. The minimum absolute atomic E-state index is 0.394. The van der Waals surface area contributed by atoms with Gasteiger partial charge in [-0.3, -0.25) is 4.98 Å². The summed E-state index contributed by atoms with van der Waals surface area (Å²) >= 11 is 0. The first-order valence-corrected chi connectivity index (χ1v) is 6.69. The van der Waals surface area contributed by atoms with Gasteiger partial charge in [-0.05, 0) is 42.3 Å². The van der Waals surface area contributed by atoms with Crippen molar-refractivity contribution in [3.63, 3.8) is 0 Å². The van der Waals surface area contributed by atoms with Crippen LogP contribution in [0.15, 0.2) is 42.7 Å². The van der Waals surface area contributed by atoms with Crippen LogP contribution in [0.25, 0.3) is 0 Å². The van der Waals surface area contributed by atoms with Crippen LogP contribution < -0.4 is 10.6 Å². The van der Waals surface area contributed by atoms with E-state index in [1.165, 1.54) is 12.7 Å². The van der Waals surface area contributed by atoms with E-state index in [4.69, 9.17) is 10.5 Å². The van der Waals surface area contributed by atoms with Crippen molar-refractivity contribution in [1.82, 2.24) is 4.98 Å². The van der Waals surface area contributed by atoms with E-state index in [0.717, 1.165) is 18.7 Å². The van der Waals surface area contributed by atoms with Crippen molar-refractivity contribution in [3.05, 3.63) is 53.9 Å². The molecule has 0 radical (unpaired) electrons. The largest absolute Gasteiger partial charge is 0.465 e. The van der Waals surface area contributed by atoms with Crippen LogP contribution in [0.3, 0.4) is 0 Å². The van der Waals surface area contributed by atoms with Gasteiger partial charge in [-0.1, -0.05) is 0 Å². The number of nitrogens with two attached hydrogens (primary N) is 1. The van der Waals surface area contributed by atoms with E-state index in [0.29, 0.717) is 11.3 Å². The van der Waals surface area contributed by atoms with Gasteiger partial charge in [0, 0.05) is 37.4 Å². The van der Waals surface area contributed by atoms with Crippen LogP contribution in [0.2, 0.25) is 0 Å². The number of methoxy groups -OCH3 is 1. The Morgan fingerprint density at radius 3 is 2.67 bits per heavy atom. The number of benzene rings is 1. The number of carbonyl (C=O) groups is 1. The van der Waals surface area contributed by atoms with Crippen LogP contribution in [-0.4, -0.2) is 31.7 Å². The predicted octanol–water partition coefficient (Wildman–Crippen LogP) is 2.13. The lowest BCUT2D eigenvalue weighted by atomic mass is 10.1. The molecule has 1 aromatic heterocycles. The molecular formula is C16H19N3O2. The van der Waals surface area contributed by atoms with Gasteiger partial charge in [-0.25, -0.2) is 4.79 Å². The van der Waals surface area contributed by atoms with E-state index in [9.17, 15) is 4.79 Å². The molecule has 0 bridgehead atoms. The molecule has 2 N–H and O–H groups in total.